The minimum absolute atomic E-state index is 0.000491. The van der Waals surface area contributed by atoms with Gasteiger partial charge >= 0.3 is 6.18 Å². The van der Waals surface area contributed by atoms with Crippen LogP contribution in [0.3, 0.4) is 0 Å². The highest BCUT2D eigenvalue weighted by atomic mass is 19.4. The second-order valence-corrected chi connectivity index (χ2v) is 9.97. The molecule has 7 rings (SSSR count). The summed E-state index contributed by atoms with van der Waals surface area (Å²) in [6.07, 6.45) is 4.79. The third kappa shape index (κ3) is 3.47. The van der Waals surface area contributed by atoms with Gasteiger partial charge in [0.2, 0.25) is 5.91 Å². The number of rotatable bonds is 3. The number of allylic oxidation sites excluding steroid dienone is 5. The number of aromatic amines is 1. The van der Waals surface area contributed by atoms with Gasteiger partial charge in [-0.05, 0) is 60.9 Å². The molecular formula is C27H21F3N4O2. The van der Waals surface area contributed by atoms with E-state index in [0.717, 1.165) is 30.1 Å². The molecule has 6 unspecified atom stereocenters. The highest BCUT2D eigenvalue weighted by molar-refractivity contribution is 5.79. The molecule has 1 aromatic heterocycles. The lowest BCUT2D eigenvalue weighted by Crippen LogP contribution is -2.45. The maximum absolute atomic E-state index is 13.1. The van der Waals surface area contributed by atoms with Crippen LogP contribution in [0, 0.1) is 35.5 Å². The lowest BCUT2D eigenvalue weighted by Gasteiger charge is -2.32. The molecule has 0 radical (unpaired) electrons. The number of ether oxygens (including phenoxy) is 1. The first-order valence-corrected chi connectivity index (χ1v) is 12.0. The van der Waals surface area contributed by atoms with Crippen LogP contribution in [-0.2, 0) is 15.7 Å². The highest BCUT2D eigenvalue weighted by Gasteiger charge is 2.61. The first kappa shape index (κ1) is 21.5. The molecule has 5 aliphatic rings. The molecular weight excluding hydrogens is 469 g/mol. The van der Waals surface area contributed by atoms with E-state index in [1.165, 1.54) is 11.6 Å². The van der Waals surface area contributed by atoms with Gasteiger partial charge in [0.05, 0.1) is 22.5 Å². The smallest absolute Gasteiger partial charge is 0.416 e. The van der Waals surface area contributed by atoms with Crippen molar-refractivity contribution in [2.75, 3.05) is 0 Å². The second kappa shape index (κ2) is 7.60. The molecule has 3 heterocycles. The highest BCUT2D eigenvalue weighted by Crippen LogP contribution is 2.67. The zero-order chi connectivity index (χ0) is 24.6. The summed E-state index contributed by atoms with van der Waals surface area (Å²) in [6, 6.07) is 3.62. The summed E-state index contributed by atoms with van der Waals surface area (Å²) >= 11 is 0. The summed E-state index contributed by atoms with van der Waals surface area (Å²) < 4.78 is 45.4. The van der Waals surface area contributed by atoms with Crippen molar-refractivity contribution in [3.05, 3.63) is 64.9 Å². The van der Waals surface area contributed by atoms with E-state index in [-0.39, 0.29) is 35.7 Å². The fourth-order valence-electron chi connectivity index (χ4n) is 6.10. The summed E-state index contributed by atoms with van der Waals surface area (Å²) in [7, 11) is 0. The molecule has 6 nitrogen and oxygen atoms in total. The van der Waals surface area contributed by atoms with E-state index >= 15 is 0 Å². The summed E-state index contributed by atoms with van der Waals surface area (Å²) in [5.41, 5.74) is 1.53. The van der Waals surface area contributed by atoms with Crippen LogP contribution in [0.25, 0.3) is 11.0 Å². The Kier molecular flexibility index (Phi) is 4.53. The third-order valence-corrected chi connectivity index (χ3v) is 7.88. The second-order valence-electron chi connectivity index (χ2n) is 9.97. The van der Waals surface area contributed by atoms with Gasteiger partial charge in [-0.15, -0.1) is 0 Å². The van der Waals surface area contributed by atoms with Crippen LogP contribution in [0.2, 0.25) is 0 Å². The van der Waals surface area contributed by atoms with Crippen molar-refractivity contribution < 1.29 is 22.7 Å². The number of benzene rings is 1. The zero-order valence-corrected chi connectivity index (χ0v) is 19.0. The number of hydrogen-bond donors (Lipinski definition) is 2. The minimum Gasteiger partial charge on any atom is -0.452 e. The Balaban J connectivity index is 1.08. The van der Waals surface area contributed by atoms with Gasteiger partial charge in [-0.25, -0.2) is 4.98 Å². The number of alkyl halides is 3. The van der Waals surface area contributed by atoms with E-state index in [4.69, 9.17) is 4.74 Å². The zero-order valence-electron chi connectivity index (χ0n) is 19.0. The van der Waals surface area contributed by atoms with Gasteiger partial charge in [0.25, 0.3) is 0 Å². The Labute approximate surface area is 204 Å². The molecule has 182 valence electrons. The molecule has 0 spiro atoms. The largest absolute Gasteiger partial charge is 0.452 e. The van der Waals surface area contributed by atoms with Crippen LogP contribution in [0.15, 0.2) is 58.5 Å². The van der Waals surface area contributed by atoms with Crippen molar-refractivity contribution >= 4 is 23.2 Å². The quantitative estimate of drug-likeness (QED) is 0.618. The van der Waals surface area contributed by atoms with Gasteiger partial charge in [0.1, 0.15) is 17.7 Å². The van der Waals surface area contributed by atoms with Gasteiger partial charge in [0, 0.05) is 24.5 Å². The Morgan fingerprint density at radius 3 is 2.92 bits per heavy atom. The van der Waals surface area contributed by atoms with E-state index < -0.39 is 11.7 Å². The van der Waals surface area contributed by atoms with Crippen molar-refractivity contribution in [1.82, 2.24) is 15.3 Å². The van der Waals surface area contributed by atoms with E-state index in [9.17, 15) is 18.0 Å². The topological polar surface area (TPSA) is 79.4 Å². The molecule has 2 aliphatic heterocycles. The van der Waals surface area contributed by atoms with E-state index in [1.54, 1.807) is 6.21 Å². The summed E-state index contributed by atoms with van der Waals surface area (Å²) in [6.45, 7) is 0. The number of halogens is 3. The van der Waals surface area contributed by atoms with Crippen molar-refractivity contribution in [2.45, 2.75) is 37.5 Å². The number of carbonyl (C=O) groups is 1. The first-order chi connectivity index (χ1) is 17.3. The summed E-state index contributed by atoms with van der Waals surface area (Å²) in [5.74, 6) is 9.53. The molecule has 6 atom stereocenters. The van der Waals surface area contributed by atoms with Crippen LogP contribution in [-0.4, -0.2) is 28.3 Å². The Bertz CT molecular complexity index is 1490. The van der Waals surface area contributed by atoms with Crippen LogP contribution in [0.5, 0.6) is 0 Å². The number of aromatic nitrogens is 2. The SMILES string of the molecule is O=C1CCC2C(OC3=CC=C4CC5C(c6nc7ccc(C(F)(F)F)cc7[nH]6)C5C4C#C3)=CC=NC2N1. The minimum atomic E-state index is -4.38. The molecule has 1 amide bonds. The van der Waals surface area contributed by atoms with Crippen molar-refractivity contribution in [2.24, 2.45) is 28.7 Å². The van der Waals surface area contributed by atoms with Gasteiger partial charge in [-0.3, -0.25) is 9.79 Å². The number of H-pyrrole nitrogens is 1. The van der Waals surface area contributed by atoms with Crippen molar-refractivity contribution in [3.63, 3.8) is 0 Å². The van der Waals surface area contributed by atoms with Gasteiger partial charge in [-0.2, -0.15) is 13.2 Å². The molecule has 2 saturated carbocycles. The van der Waals surface area contributed by atoms with E-state index in [1.807, 2.05) is 12.2 Å². The maximum Gasteiger partial charge on any atom is 0.416 e. The molecule has 2 aromatic rings. The standard InChI is InChI=1S/C27H21F3N4O2/c28-27(29,30)14-2-7-19-20(12-14)33-26(32-19)24-18-11-13-1-3-15(4-5-16(13)23(18)24)36-21-9-10-31-25-17(21)6-8-22(35)34-25/h1-3,7,9-10,12,16-18,23-25H,6,8,11H2,(H,32,33)(H,34,35). The summed E-state index contributed by atoms with van der Waals surface area (Å²) in [4.78, 5) is 23.8. The fraction of sp³-hybridized carbons (Fsp3) is 0.370. The Hall–Kier alpha value is -3.80. The number of amides is 1. The fourth-order valence-corrected chi connectivity index (χ4v) is 6.10. The molecule has 0 bridgehead atoms. The average molecular weight is 490 g/mol. The molecule has 3 aliphatic carbocycles. The Morgan fingerprint density at radius 2 is 2.06 bits per heavy atom. The number of nitrogens with one attached hydrogen (secondary N) is 2. The first-order valence-electron chi connectivity index (χ1n) is 12.0. The molecule has 36 heavy (non-hydrogen) atoms. The average Bonchev–Trinajstić information content (AvgIpc) is 3.27. The normalized spacial score (nSPS) is 32.1. The van der Waals surface area contributed by atoms with Crippen molar-refractivity contribution in [1.29, 1.82) is 0 Å². The molecule has 3 fully saturated rings. The van der Waals surface area contributed by atoms with Gasteiger partial charge < -0.3 is 15.0 Å². The summed E-state index contributed by atoms with van der Waals surface area (Å²) in [5, 5.41) is 2.89. The maximum atomic E-state index is 13.1. The number of hydrogen-bond acceptors (Lipinski definition) is 4. The lowest BCUT2D eigenvalue weighted by atomic mass is 9.92. The number of imidazole rings is 1. The van der Waals surface area contributed by atoms with Gasteiger partial charge in [0.15, 0.2) is 5.76 Å². The number of fused-ring (bicyclic) bond motifs is 5. The van der Waals surface area contributed by atoms with Gasteiger partial charge in [-0.1, -0.05) is 17.6 Å². The molecule has 1 aromatic carbocycles. The lowest BCUT2D eigenvalue weighted by molar-refractivity contribution is -0.137. The number of aliphatic imine (C=N–C) groups is 1. The Morgan fingerprint density at radius 1 is 1.17 bits per heavy atom. The molecule has 2 N–H and O–H groups in total. The van der Waals surface area contributed by atoms with Crippen LogP contribution in [0.1, 0.15) is 36.6 Å². The third-order valence-electron chi connectivity index (χ3n) is 7.88. The van der Waals surface area contributed by atoms with E-state index in [2.05, 4.69) is 38.2 Å². The van der Waals surface area contributed by atoms with Crippen LogP contribution in [0.4, 0.5) is 13.2 Å². The number of nitrogens with zero attached hydrogens (tertiary/aromatic N) is 2. The molecule has 9 heteroatoms. The predicted octanol–water partition coefficient (Wildman–Crippen LogP) is 4.60. The van der Waals surface area contributed by atoms with Crippen LogP contribution >= 0.6 is 0 Å². The van der Waals surface area contributed by atoms with Crippen molar-refractivity contribution in [3.8, 4) is 11.8 Å². The molecule has 1 saturated heterocycles. The number of piperidine rings is 1. The monoisotopic (exact) mass is 490 g/mol. The number of carbonyl (C=O) groups excluding carboxylic acids is 1. The predicted molar refractivity (Wildman–Crippen MR) is 125 cm³/mol. The number of dihydropyridines is 1. The van der Waals surface area contributed by atoms with E-state index in [0.29, 0.717) is 35.6 Å². The van der Waals surface area contributed by atoms with Crippen LogP contribution < -0.4 is 5.32 Å².